The van der Waals surface area contributed by atoms with Crippen molar-refractivity contribution in [2.24, 2.45) is 0 Å². The van der Waals surface area contributed by atoms with Crippen molar-refractivity contribution in [1.82, 2.24) is 15.5 Å². The Balaban J connectivity index is 1.60. The largest absolute Gasteiger partial charge is 0.484 e. The summed E-state index contributed by atoms with van der Waals surface area (Å²) in [6, 6.07) is 8.40. The van der Waals surface area contributed by atoms with Gasteiger partial charge in [-0.3, -0.25) is 0 Å². The molecule has 1 aromatic carbocycles. The van der Waals surface area contributed by atoms with Crippen LogP contribution in [0.4, 0.5) is 0 Å². The molecule has 0 spiro atoms. The van der Waals surface area contributed by atoms with Crippen LogP contribution in [0, 0.1) is 0 Å². The molecular weight excluding hydrogens is 266 g/mol. The molecule has 1 N–H and O–H groups in total. The molecule has 21 heavy (non-hydrogen) atoms. The van der Waals surface area contributed by atoms with E-state index >= 15 is 0 Å². The van der Waals surface area contributed by atoms with E-state index in [2.05, 4.69) is 35.4 Å². The van der Waals surface area contributed by atoms with E-state index in [0.29, 0.717) is 24.5 Å². The van der Waals surface area contributed by atoms with Gasteiger partial charge in [0.2, 0.25) is 0 Å². The standard InChI is InChI=1S/C16H21N3O2/c1-3-17-11(2)13-5-4-6-14(9-13)20-10-15-18-16(19-21-15)12-7-8-12/h4-6,9,11-12,17H,3,7-8,10H2,1-2H3. The lowest BCUT2D eigenvalue weighted by molar-refractivity contribution is 0.242. The molecule has 0 radical (unpaired) electrons. The van der Waals surface area contributed by atoms with Gasteiger partial charge in [-0.25, -0.2) is 0 Å². The highest BCUT2D eigenvalue weighted by Crippen LogP contribution is 2.38. The molecule has 5 nitrogen and oxygen atoms in total. The molecule has 1 aliphatic carbocycles. The summed E-state index contributed by atoms with van der Waals surface area (Å²) in [5, 5.41) is 7.37. The van der Waals surface area contributed by atoms with Crippen LogP contribution in [0.15, 0.2) is 28.8 Å². The van der Waals surface area contributed by atoms with Crippen molar-refractivity contribution in [2.45, 2.75) is 45.3 Å². The second-order valence-corrected chi connectivity index (χ2v) is 5.46. The highest BCUT2D eigenvalue weighted by Gasteiger charge is 2.28. The van der Waals surface area contributed by atoms with Crippen molar-refractivity contribution in [3.63, 3.8) is 0 Å². The topological polar surface area (TPSA) is 60.2 Å². The summed E-state index contributed by atoms with van der Waals surface area (Å²) in [5.41, 5.74) is 1.21. The predicted octanol–water partition coefficient (Wildman–Crippen LogP) is 3.20. The Labute approximate surface area is 124 Å². The third kappa shape index (κ3) is 3.61. The highest BCUT2D eigenvalue weighted by molar-refractivity contribution is 5.30. The van der Waals surface area contributed by atoms with Crippen LogP contribution < -0.4 is 10.1 Å². The normalized spacial score (nSPS) is 15.9. The Morgan fingerprint density at radius 3 is 3.05 bits per heavy atom. The fourth-order valence-electron chi connectivity index (χ4n) is 2.28. The van der Waals surface area contributed by atoms with E-state index in [1.54, 1.807) is 0 Å². The van der Waals surface area contributed by atoms with Gasteiger partial charge in [-0.15, -0.1) is 0 Å². The molecule has 0 amide bonds. The Bertz CT molecular complexity index is 593. The smallest absolute Gasteiger partial charge is 0.264 e. The first-order chi connectivity index (χ1) is 10.3. The lowest BCUT2D eigenvalue weighted by Crippen LogP contribution is -2.17. The van der Waals surface area contributed by atoms with Crippen molar-refractivity contribution < 1.29 is 9.26 Å². The van der Waals surface area contributed by atoms with Gasteiger partial charge in [0.05, 0.1) is 0 Å². The maximum absolute atomic E-state index is 5.75. The first-order valence-electron chi connectivity index (χ1n) is 7.55. The number of benzene rings is 1. The van der Waals surface area contributed by atoms with Gasteiger partial charge in [-0.2, -0.15) is 4.98 Å². The van der Waals surface area contributed by atoms with Crippen LogP contribution in [0.25, 0.3) is 0 Å². The summed E-state index contributed by atoms with van der Waals surface area (Å²) < 4.78 is 11.0. The number of aromatic nitrogens is 2. The maximum Gasteiger partial charge on any atom is 0.264 e. The van der Waals surface area contributed by atoms with Gasteiger partial charge < -0.3 is 14.6 Å². The Kier molecular flexibility index (Phi) is 4.20. The zero-order valence-corrected chi connectivity index (χ0v) is 12.5. The molecule has 0 bridgehead atoms. The van der Waals surface area contributed by atoms with Crippen LogP contribution in [-0.2, 0) is 6.61 Å². The predicted molar refractivity (Wildman–Crippen MR) is 79.1 cm³/mol. The van der Waals surface area contributed by atoms with Crippen LogP contribution >= 0.6 is 0 Å². The van der Waals surface area contributed by atoms with E-state index < -0.39 is 0 Å². The minimum atomic E-state index is 0.309. The van der Waals surface area contributed by atoms with Gasteiger partial charge in [-0.05, 0) is 44.0 Å². The van der Waals surface area contributed by atoms with Gasteiger partial charge >= 0.3 is 0 Å². The van der Waals surface area contributed by atoms with Crippen LogP contribution in [-0.4, -0.2) is 16.7 Å². The number of hydrogen-bond acceptors (Lipinski definition) is 5. The van der Waals surface area contributed by atoms with Gasteiger partial charge in [-0.1, -0.05) is 24.2 Å². The van der Waals surface area contributed by atoms with E-state index in [9.17, 15) is 0 Å². The fourth-order valence-corrected chi connectivity index (χ4v) is 2.28. The number of ether oxygens (including phenoxy) is 1. The Morgan fingerprint density at radius 1 is 1.43 bits per heavy atom. The quantitative estimate of drug-likeness (QED) is 0.847. The number of rotatable bonds is 7. The lowest BCUT2D eigenvalue weighted by atomic mass is 10.1. The number of nitrogens with zero attached hydrogens (tertiary/aromatic N) is 2. The second-order valence-electron chi connectivity index (χ2n) is 5.46. The summed E-state index contributed by atoms with van der Waals surface area (Å²) >= 11 is 0. The van der Waals surface area contributed by atoms with Crippen molar-refractivity contribution in [3.8, 4) is 5.75 Å². The maximum atomic E-state index is 5.75. The lowest BCUT2D eigenvalue weighted by Gasteiger charge is -2.13. The summed E-state index contributed by atoms with van der Waals surface area (Å²) in [6.07, 6.45) is 2.34. The zero-order chi connectivity index (χ0) is 14.7. The average Bonchev–Trinajstić information content (AvgIpc) is 3.25. The first-order valence-corrected chi connectivity index (χ1v) is 7.55. The van der Waals surface area contributed by atoms with Gasteiger partial charge in [0.25, 0.3) is 5.89 Å². The number of nitrogens with one attached hydrogen (secondary N) is 1. The third-order valence-corrected chi connectivity index (χ3v) is 3.66. The van der Waals surface area contributed by atoms with Gasteiger partial charge in [0.15, 0.2) is 12.4 Å². The van der Waals surface area contributed by atoms with E-state index in [0.717, 1.165) is 18.1 Å². The van der Waals surface area contributed by atoms with E-state index in [1.165, 1.54) is 18.4 Å². The van der Waals surface area contributed by atoms with Crippen molar-refractivity contribution in [2.75, 3.05) is 6.54 Å². The molecule has 5 heteroatoms. The van der Waals surface area contributed by atoms with Crippen LogP contribution in [0.3, 0.4) is 0 Å². The first kappa shape index (κ1) is 14.1. The fraction of sp³-hybridized carbons (Fsp3) is 0.500. The summed E-state index contributed by atoms with van der Waals surface area (Å²) in [4.78, 5) is 4.36. The van der Waals surface area contributed by atoms with E-state index in [1.807, 2.05) is 18.2 Å². The summed E-state index contributed by atoms with van der Waals surface area (Å²) in [6.45, 7) is 5.50. The minimum absolute atomic E-state index is 0.309. The van der Waals surface area contributed by atoms with Gasteiger partial charge in [0, 0.05) is 12.0 Å². The minimum Gasteiger partial charge on any atom is -0.484 e. The second kappa shape index (κ2) is 6.26. The van der Waals surface area contributed by atoms with Crippen molar-refractivity contribution in [3.05, 3.63) is 41.5 Å². The Hall–Kier alpha value is -1.88. The highest BCUT2D eigenvalue weighted by atomic mass is 16.5. The van der Waals surface area contributed by atoms with E-state index in [-0.39, 0.29) is 0 Å². The molecule has 0 saturated heterocycles. The van der Waals surface area contributed by atoms with Crippen molar-refractivity contribution in [1.29, 1.82) is 0 Å². The molecule has 112 valence electrons. The molecule has 2 aromatic rings. The molecule has 3 rings (SSSR count). The average molecular weight is 287 g/mol. The van der Waals surface area contributed by atoms with Crippen LogP contribution in [0.1, 0.15) is 55.9 Å². The number of hydrogen-bond donors (Lipinski definition) is 1. The molecule has 1 heterocycles. The Morgan fingerprint density at radius 2 is 2.29 bits per heavy atom. The van der Waals surface area contributed by atoms with Crippen molar-refractivity contribution >= 4 is 0 Å². The molecular formula is C16H21N3O2. The molecule has 1 fully saturated rings. The van der Waals surface area contributed by atoms with E-state index in [4.69, 9.17) is 9.26 Å². The molecule has 1 saturated carbocycles. The zero-order valence-electron chi connectivity index (χ0n) is 12.5. The monoisotopic (exact) mass is 287 g/mol. The molecule has 1 aliphatic rings. The third-order valence-electron chi connectivity index (χ3n) is 3.66. The summed E-state index contributed by atoms with van der Waals surface area (Å²) in [7, 11) is 0. The van der Waals surface area contributed by atoms with Crippen LogP contribution in [0.2, 0.25) is 0 Å². The van der Waals surface area contributed by atoms with Gasteiger partial charge in [0.1, 0.15) is 5.75 Å². The SMILES string of the molecule is CCNC(C)c1cccc(OCc2nc(C3CC3)no2)c1. The molecule has 1 unspecified atom stereocenters. The molecule has 1 atom stereocenters. The molecule has 1 aromatic heterocycles. The molecule has 0 aliphatic heterocycles. The summed E-state index contributed by atoms with van der Waals surface area (Å²) in [5.74, 6) is 2.69. The van der Waals surface area contributed by atoms with Crippen LogP contribution in [0.5, 0.6) is 5.75 Å².